The monoisotopic (exact) mass is 317 g/mol. The Labute approximate surface area is 113 Å². The second-order valence-electron chi connectivity index (χ2n) is 3.14. The summed E-state index contributed by atoms with van der Waals surface area (Å²) < 4.78 is 5.46. The van der Waals surface area contributed by atoms with Crippen LogP contribution in [0, 0.1) is 6.92 Å². The minimum absolute atomic E-state index is 0.139. The number of hydrogen-bond donors (Lipinski definition) is 2. The molecule has 5 nitrogen and oxygen atoms in total. The van der Waals surface area contributed by atoms with E-state index >= 15 is 0 Å². The molecule has 1 heterocycles. The van der Waals surface area contributed by atoms with Crippen LogP contribution in [0.4, 0.5) is 10.6 Å². The molecule has 92 valence electrons. The lowest BCUT2D eigenvalue weighted by Crippen LogP contribution is -2.34. The Bertz CT molecular complexity index is 440. The number of anilines is 1. The van der Waals surface area contributed by atoms with Gasteiger partial charge in [0, 0.05) is 6.20 Å². The molecule has 0 bridgehead atoms. The second-order valence-corrected chi connectivity index (χ2v) is 4.41. The number of alkyl carbamates (subject to hydrolysis) is 1. The SMILES string of the molecule is CCOC(=O)NC(=S)Nc1ncc(C)cc1Br. The summed E-state index contributed by atoms with van der Waals surface area (Å²) >= 11 is 8.28. The molecule has 0 saturated carbocycles. The van der Waals surface area contributed by atoms with Gasteiger partial charge < -0.3 is 10.1 Å². The molecule has 1 aromatic heterocycles. The number of ether oxygens (including phenoxy) is 1. The van der Waals surface area contributed by atoms with Crippen molar-refractivity contribution in [2.45, 2.75) is 13.8 Å². The van der Waals surface area contributed by atoms with E-state index in [0.29, 0.717) is 12.4 Å². The van der Waals surface area contributed by atoms with Crippen molar-refractivity contribution in [1.82, 2.24) is 10.3 Å². The summed E-state index contributed by atoms with van der Waals surface area (Å²) in [6.07, 6.45) is 1.10. The molecule has 17 heavy (non-hydrogen) atoms. The van der Waals surface area contributed by atoms with Crippen LogP contribution in [-0.2, 0) is 4.74 Å². The Hall–Kier alpha value is -1.21. The van der Waals surface area contributed by atoms with Gasteiger partial charge in [-0.3, -0.25) is 5.32 Å². The predicted octanol–water partition coefficient (Wildman–Crippen LogP) is 2.60. The van der Waals surface area contributed by atoms with E-state index in [1.165, 1.54) is 0 Å². The summed E-state index contributed by atoms with van der Waals surface area (Å²) in [5, 5.41) is 5.30. The van der Waals surface area contributed by atoms with Gasteiger partial charge in [-0.15, -0.1) is 0 Å². The van der Waals surface area contributed by atoms with Crippen molar-refractivity contribution in [3.63, 3.8) is 0 Å². The Balaban J connectivity index is 2.59. The quantitative estimate of drug-likeness (QED) is 0.821. The molecule has 0 aliphatic heterocycles. The van der Waals surface area contributed by atoms with Crippen molar-refractivity contribution in [3.8, 4) is 0 Å². The maximum absolute atomic E-state index is 11.1. The molecule has 0 radical (unpaired) electrons. The van der Waals surface area contributed by atoms with Gasteiger partial charge in [0.1, 0.15) is 5.82 Å². The fourth-order valence-electron chi connectivity index (χ4n) is 1.02. The zero-order chi connectivity index (χ0) is 12.8. The van der Waals surface area contributed by atoms with Crippen LogP contribution in [0.25, 0.3) is 0 Å². The van der Waals surface area contributed by atoms with Gasteiger partial charge in [-0.2, -0.15) is 0 Å². The molecule has 0 atom stereocenters. The molecule has 0 fully saturated rings. The average Bonchev–Trinajstić information content (AvgIpc) is 2.22. The van der Waals surface area contributed by atoms with E-state index < -0.39 is 6.09 Å². The number of carbonyl (C=O) groups excluding carboxylic acids is 1. The second kappa shape index (κ2) is 6.51. The Morgan fingerprint density at radius 2 is 2.35 bits per heavy atom. The number of rotatable bonds is 2. The van der Waals surface area contributed by atoms with E-state index in [4.69, 9.17) is 12.2 Å². The highest BCUT2D eigenvalue weighted by atomic mass is 79.9. The van der Waals surface area contributed by atoms with Crippen molar-refractivity contribution in [2.75, 3.05) is 11.9 Å². The number of aromatic nitrogens is 1. The number of nitrogens with zero attached hydrogens (tertiary/aromatic N) is 1. The smallest absolute Gasteiger partial charge is 0.413 e. The van der Waals surface area contributed by atoms with Gasteiger partial charge in [-0.25, -0.2) is 9.78 Å². The first kappa shape index (κ1) is 13.9. The highest BCUT2D eigenvalue weighted by molar-refractivity contribution is 9.10. The van der Waals surface area contributed by atoms with Crippen LogP contribution in [0.5, 0.6) is 0 Å². The number of carbonyl (C=O) groups is 1. The first-order valence-corrected chi connectivity index (χ1v) is 6.10. The molecule has 0 aliphatic carbocycles. The average molecular weight is 318 g/mol. The molecule has 0 aliphatic rings. The largest absolute Gasteiger partial charge is 0.450 e. The third-order valence-electron chi connectivity index (χ3n) is 1.70. The van der Waals surface area contributed by atoms with E-state index in [0.717, 1.165) is 10.0 Å². The highest BCUT2D eigenvalue weighted by Crippen LogP contribution is 2.20. The summed E-state index contributed by atoms with van der Waals surface area (Å²) in [5.41, 5.74) is 1.02. The fraction of sp³-hybridized carbons (Fsp3) is 0.300. The molecule has 7 heteroatoms. The number of aryl methyl sites for hydroxylation is 1. The summed E-state index contributed by atoms with van der Waals surface area (Å²) in [7, 11) is 0. The van der Waals surface area contributed by atoms with Crippen LogP contribution in [0.15, 0.2) is 16.7 Å². The molecule has 1 amide bonds. The number of thiocarbonyl (C=S) groups is 1. The molecule has 0 spiro atoms. The summed E-state index contributed by atoms with van der Waals surface area (Å²) in [6.45, 7) is 3.94. The van der Waals surface area contributed by atoms with E-state index in [9.17, 15) is 4.79 Å². The molecular weight excluding hydrogens is 306 g/mol. The van der Waals surface area contributed by atoms with Crippen LogP contribution in [-0.4, -0.2) is 22.8 Å². The maximum Gasteiger partial charge on any atom is 0.413 e. The van der Waals surface area contributed by atoms with Gasteiger partial charge in [-0.05, 0) is 53.6 Å². The zero-order valence-corrected chi connectivity index (χ0v) is 11.8. The lowest BCUT2D eigenvalue weighted by molar-refractivity contribution is 0.158. The van der Waals surface area contributed by atoms with Crippen molar-refractivity contribution in [3.05, 3.63) is 22.3 Å². The first-order chi connectivity index (χ1) is 8.02. The van der Waals surface area contributed by atoms with Gasteiger partial charge in [0.25, 0.3) is 0 Å². The van der Waals surface area contributed by atoms with Crippen LogP contribution in [0.2, 0.25) is 0 Å². The number of halogens is 1. The van der Waals surface area contributed by atoms with E-state index in [2.05, 4.69) is 36.3 Å². The zero-order valence-electron chi connectivity index (χ0n) is 9.41. The summed E-state index contributed by atoms with van der Waals surface area (Å²) in [4.78, 5) is 15.2. The molecule has 1 aromatic rings. The summed E-state index contributed by atoms with van der Waals surface area (Å²) in [6, 6.07) is 1.89. The van der Waals surface area contributed by atoms with Gasteiger partial charge in [-0.1, -0.05) is 0 Å². The Kier molecular flexibility index (Phi) is 5.30. The standard InChI is InChI=1S/C10H12BrN3O2S/c1-3-16-10(15)14-9(17)13-8-7(11)4-6(2)5-12-8/h4-5H,3H2,1-2H3,(H2,12,13,14,15,17). The van der Waals surface area contributed by atoms with E-state index in [-0.39, 0.29) is 5.11 Å². The van der Waals surface area contributed by atoms with Crippen LogP contribution < -0.4 is 10.6 Å². The predicted molar refractivity (Wildman–Crippen MR) is 73.1 cm³/mol. The third-order valence-corrected chi connectivity index (χ3v) is 2.51. The lowest BCUT2D eigenvalue weighted by Gasteiger charge is -2.10. The topological polar surface area (TPSA) is 63.2 Å². The first-order valence-electron chi connectivity index (χ1n) is 4.89. The van der Waals surface area contributed by atoms with Gasteiger partial charge in [0.05, 0.1) is 11.1 Å². The molecular formula is C10H12BrN3O2S. The van der Waals surface area contributed by atoms with Crippen LogP contribution >= 0.6 is 28.1 Å². The highest BCUT2D eigenvalue weighted by Gasteiger charge is 2.07. The van der Waals surface area contributed by atoms with E-state index in [1.807, 2.05) is 13.0 Å². The van der Waals surface area contributed by atoms with Crippen molar-refractivity contribution in [1.29, 1.82) is 0 Å². The van der Waals surface area contributed by atoms with Crippen molar-refractivity contribution < 1.29 is 9.53 Å². The van der Waals surface area contributed by atoms with Gasteiger partial charge in [0.15, 0.2) is 5.11 Å². The van der Waals surface area contributed by atoms with Crippen LogP contribution in [0.3, 0.4) is 0 Å². The minimum Gasteiger partial charge on any atom is -0.450 e. The molecule has 1 rings (SSSR count). The van der Waals surface area contributed by atoms with Crippen molar-refractivity contribution >= 4 is 45.2 Å². The van der Waals surface area contributed by atoms with Crippen molar-refractivity contribution in [2.24, 2.45) is 0 Å². The number of hydrogen-bond acceptors (Lipinski definition) is 4. The number of pyridine rings is 1. The fourth-order valence-corrected chi connectivity index (χ4v) is 1.77. The molecule has 0 unspecified atom stereocenters. The molecule has 2 N–H and O–H groups in total. The van der Waals surface area contributed by atoms with Gasteiger partial charge in [0.2, 0.25) is 0 Å². The normalized spacial score (nSPS) is 9.59. The van der Waals surface area contributed by atoms with Crippen LogP contribution in [0.1, 0.15) is 12.5 Å². The minimum atomic E-state index is -0.590. The Morgan fingerprint density at radius 3 is 2.94 bits per heavy atom. The number of amides is 1. The molecule has 0 aromatic carbocycles. The Morgan fingerprint density at radius 1 is 1.65 bits per heavy atom. The third kappa shape index (κ3) is 4.66. The maximum atomic E-state index is 11.1. The lowest BCUT2D eigenvalue weighted by atomic mass is 10.3. The number of nitrogens with one attached hydrogen (secondary N) is 2. The van der Waals surface area contributed by atoms with E-state index in [1.54, 1.807) is 13.1 Å². The molecule has 0 saturated heterocycles. The summed E-state index contributed by atoms with van der Waals surface area (Å²) in [5.74, 6) is 0.539. The van der Waals surface area contributed by atoms with Gasteiger partial charge >= 0.3 is 6.09 Å².